The smallest absolute Gasteiger partial charge is 0.200 e. The molecule has 0 aliphatic rings. The largest absolute Gasteiger partial charge is 0.291 e. The maximum atomic E-state index is 13.7. The minimum absolute atomic E-state index is 0.0424. The van der Waals surface area contributed by atoms with E-state index in [9.17, 15) is 9.18 Å². The van der Waals surface area contributed by atoms with Crippen molar-refractivity contribution in [3.05, 3.63) is 48.6 Å². The molecule has 0 bridgehead atoms. The number of rotatable bonds is 4. The lowest BCUT2D eigenvalue weighted by Crippen LogP contribution is -2.29. The molecule has 2 heteroatoms. The molecule has 0 aliphatic heterocycles. The Balaban J connectivity index is 2.90. The summed E-state index contributed by atoms with van der Waals surface area (Å²) in [5.41, 5.74) is -1.44. The number of allylic oxidation sites excluding steroid dienone is 1. The summed E-state index contributed by atoms with van der Waals surface area (Å²) in [6.07, 6.45) is 1.46. The first-order valence-corrected chi connectivity index (χ1v) is 4.47. The van der Waals surface area contributed by atoms with E-state index in [-0.39, 0.29) is 6.42 Å². The number of halogens is 1. The number of carbonyl (C=O) groups excluding carboxylic acids is 1. The van der Waals surface area contributed by atoms with Gasteiger partial charge < -0.3 is 0 Å². The number of hydrogen-bond acceptors (Lipinski definition) is 1. The molecule has 1 unspecified atom stereocenters. The minimum Gasteiger partial charge on any atom is -0.291 e. The predicted octanol–water partition coefficient (Wildman–Crippen LogP) is 3.17. The van der Waals surface area contributed by atoms with Crippen LogP contribution in [0.2, 0.25) is 0 Å². The number of carbonyl (C=O) groups is 1. The maximum Gasteiger partial charge on any atom is 0.200 e. The van der Waals surface area contributed by atoms with Gasteiger partial charge in [0.1, 0.15) is 0 Å². The average molecular weight is 192 g/mol. The zero-order valence-corrected chi connectivity index (χ0v) is 8.16. The van der Waals surface area contributed by atoms with Gasteiger partial charge in [-0.2, -0.15) is 0 Å². The zero-order valence-electron chi connectivity index (χ0n) is 8.16. The third-order valence-electron chi connectivity index (χ3n) is 2.04. The molecule has 0 N–H and O–H groups in total. The maximum absolute atomic E-state index is 13.7. The highest BCUT2D eigenvalue weighted by Crippen LogP contribution is 2.21. The van der Waals surface area contributed by atoms with Crippen molar-refractivity contribution in [2.45, 2.75) is 19.0 Å². The van der Waals surface area contributed by atoms with Gasteiger partial charge >= 0.3 is 0 Å². The highest BCUT2D eigenvalue weighted by atomic mass is 19.1. The van der Waals surface area contributed by atoms with Gasteiger partial charge in [0, 0.05) is 12.0 Å². The first kappa shape index (κ1) is 10.6. The predicted molar refractivity (Wildman–Crippen MR) is 55.1 cm³/mol. The normalized spacial score (nSPS) is 14.4. The van der Waals surface area contributed by atoms with Crippen LogP contribution in [0, 0.1) is 0 Å². The van der Waals surface area contributed by atoms with Gasteiger partial charge in [-0.1, -0.05) is 36.4 Å². The Hall–Kier alpha value is -1.44. The van der Waals surface area contributed by atoms with Crippen LogP contribution in [0.25, 0.3) is 0 Å². The number of alkyl halides is 1. The number of ketones is 1. The summed E-state index contributed by atoms with van der Waals surface area (Å²) in [6.45, 7) is 4.71. The monoisotopic (exact) mass is 192 g/mol. The highest BCUT2D eigenvalue weighted by Gasteiger charge is 2.31. The number of benzene rings is 1. The van der Waals surface area contributed by atoms with Crippen molar-refractivity contribution >= 4 is 5.78 Å². The molecule has 0 radical (unpaired) electrons. The van der Waals surface area contributed by atoms with Gasteiger partial charge in [0.05, 0.1) is 0 Å². The molecule has 0 amide bonds. The van der Waals surface area contributed by atoms with E-state index in [1.165, 1.54) is 13.0 Å². The van der Waals surface area contributed by atoms with E-state index in [1.54, 1.807) is 30.3 Å². The molecule has 0 aliphatic carbocycles. The molecule has 0 saturated heterocycles. The second kappa shape index (κ2) is 4.18. The van der Waals surface area contributed by atoms with Crippen LogP contribution in [-0.4, -0.2) is 11.5 Å². The van der Waals surface area contributed by atoms with Gasteiger partial charge in [0.2, 0.25) is 0 Å². The topological polar surface area (TPSA) is 17.1 Å². The lowest BCUT2D eigenvalue weighted by molar-refractivity contribution is 0.0730. The zero-order chi connectivity index (χ0) is 10.6. The molecule has 1 aromatic rings. The summed E-state index contributed by atoms with van der Waals surface area (Å²) in [4.78, 5) is 11.6. The molecule has 0 heterocycles. The lowest BCUT2D eigenvalue weighted by Gasteiger charge is -2.16. The van der Waals surface area contributed by atoms with Crippen LogP contribution < -0.4 is 0 Å². The first-order chi connectivity index (χ1) is 6.58. The first-order valence-electron chi connectivity index (χ1n) is 4.47. The Labute approximate surface area is 83.3 Å². The van der Waals surface area contributed by atoms with Gasteiger partial charge in [0.25, 0.3) is 0 Å². The molecule has 1 rings (SSSR count). The molecule has 1 atom stereocenters. The van der Waals surface area contributed by atoms with Crippen LogP contribution in [-0.2, 0) is 0 Å². The Kier molecular flexibility index (Phi) is 3.18. The Morgan fingerprint density at radius 2 is 2.07 bits per heavy atom. The standard InChI is InChI=1S/C12H13FO/c1-3-9-12(2,13)11(14)10-7-5-4-6-8-10/h3-8H,1,9H2,2H3. The van der Waals surface area contributed by atoms with E-state index >= 15 is 0 Å². The summed E-state index contributed by atoms with van der Waals surface area (Å²) in [5, 5.41) is 0. The molecular weight excluding hydrogens is 179 g/mol. The SMILES string of the molecule is C=CCC(C)(F)C(=O)c1ccccc1. The second-order valence-corrected chi connectivity index (χ2v) is 3.39. The molecule has 0 aromatic heterocycles. The number of hydrogen-bond donors (Lipinski definition) is 0. The van der Waals surface area contributed by atoms with E-state index in [1.807, 2.05) is 0 Å². The molecule has 74 valence electrons. The number of Topliss-reactive ketones (excluding diaryl/α,β-unsaturated/α-hetero) is 1. The highest BCUT2D eigenvalue weighted by molar-refractivity contribution is 6.02. The van der Waals surface area contributed by atoms with Crippen LogP contribution in [0.5, 0.6) is 0 Å². The molecule has 0 spiro atoms. The minimum atomic E-state index is -1.84. The third-order valence-corrected chi connectivity index (χ3v) is 2.04. The van der Waals surface area contributed by atoms with Crippen molar-refractivity contribution in [1.29, 1.82) is 0 Å². The van der Waals surface area contributed by atoms with Crippen molar-refractivity contribution in [3.63, 3.8) is 0 Å². The van der Waals surface area contributed by atoms with Gasteiger partial charge in [0.15, 0.2) is 11.5 Å². The van der Waals surface area contributed by atoms with Gasteiger partial charge in [-0.15, -0.1) is 6.58 Å². The van der Waals surface area contributed by atoms with Crippen molar-refractivity contribution in [2.24, 2.45) is 0 Å². The Bertz CT molecular complexity index is 327. The third kappa shape index (κ3) is 2.28. The van der Waals surface area contributed by atoms with Gasteiger partial charge in [-0.05, 0) is 6.92 Å². The fraction of sp³-hybridized carbons (Fsp3) is 0.250. The Morgan fingerprint density at radius 1 is 1.50 bits per heavy atom. The fourth-order valence-electron chi connectivity index (χ4n) is 1.25. The molecule has 14 heavy (non-hydrogen) atoms. The van der Waals surface area contributed by atoms with Crippen molar-refractivity contribution in [3.8, 4) is 0 Å². The molecule has 1 nitrogen and oxygen atoms in total. The lowest BCUT2D eigenvalue weighted by atomic mass is 9.93. The summed E-state index contributed by atoms with van der Waals surface area (Å²) in [7, 11) is 0. The van der Waals surface area contributed by atoms with Crippen LogP contribution in [0.15, 0.2) is 43.0 Å². The van der Waals surface area contributed by atoms with Gasteiger partial charge in [-0.25, -0.2) is 4.39 Å². The van der Waals surface area contributed by atoms with E-state index in [2.05, 4.69) is 6.58 Å². The summed E-state index contributed by atoms with van der Waals surface area (Å²) < 4.78 is 13.7. The quantitative estimate of drug-likeness (QED) is 0.529. The summed E-state index contributed by atoms with van der Waals surface area (Å²) in [6, 6.07) is 8.46. The van der Waals surface area contributed by atoms with E-state index in [0.29, 0.717) is 5.56 Å². The van der Waals surface area contributed by atoms with Crippen LogP contribution in [0.4, 0.5) is 4.39 Å². The Morgan fingerprint density at radius 3 is 2.57 bits per heavy atom. The second-order valence-electron chi connectivity index (χ2n) is 3.39. The van der Waals surface area contributed by atoms with Crippen molar-refractivity contribution in [2.75, 3.05) is 0 Å². The van der Waals surface area contributed by atoms with Crippen LogP contribution in [0.1, 0.15) is 23.7 Å². The van der Waals surface area contributed by atoms with Crippen LogP contribution in [0.3, 0.4) is 0 Å². The summed E-state index contributed by atoms with van der Waals surface area (Å²) >= 11 is 0. The average Bonchev–Trinajstić information content (AvgIpc) is 2.18. The molecule has 1 aromatic carbocycles. The van der Waals surface area contributed by atoms with Crippen molar-refractivity contribution in [1.82, 2.24) is 0 Å². The van der Waals surface area contributed by atoms with E-state index in [0.717, 1.165) is 0 Å². The van der Waals surface area contributed by atoms with E-state index in [4.69, 9.17) is 0 Å². The van der Waals surface area contributed by atoms with E-state index < -0.39 is 11.5 Å². The van der Waals surface area contributed by atoms with Gasteiger partial charge in [-0.3, -0.25) is 4.79 Å². The van der Waals surface area contributed by atoms with Crippen molar-refractivity contribution < 1.29 is 9.18 Å². The molecule has 0 fully saturated rings. The molecule has 0 saturated carbocycles. The fourth-order valence-corrected chi connectivity index (χ4v) is 1.25. The summed E-state index contributed by atoms with van der Waals surface area (Å²) in [5.74, 6) is -0.488. The van der Waals surface area contributed by atoms with Crippen LogP contribution >= 0.6 is 0 Å². The molecular formula is C12H13FO.